The molecule has 0 saturated carbocycles. The molecule has 0 spiro atoms. The number of thiazole rings is 1. The van der Waals surface area contributed by atoms with Gasteiger partial charge in [-0.05, 0) is 50.5 Å². The summed E-state index contributed by atoms with van der Waals surface area (Å²) in [7, 11) is 0. The first kappa shape index (κ1) is 21.1. The predicted octanol–water partition coefficient (Wildman–Crippen LogP) is 4.64. The summed E-state index contributed by atoms with van der Waals surface area (Å²) in [5.41, 5.74) is 5.59. The van der Waals surface area contributed by atoms with E-state index in [4.69, 9.17) is 10.1 Å². The lowest BCUT2D eigenvalue weighted by Crippen LogP contribution is -2.05. The summed E-state index contributed by atoms with van der Waals surface area (Å²) in [5, 5.41) is 21.7. The minimum Gasteiger partial charge on any atom is -0.508 e. The van der Waals surface area contributed by atoms with Crippen LogP contribution in [0.2, 0.25) is 0 Å². The molecular formula is C24H24N6O2S. The molecule has 1 aliphatic carbocycles. The Kier molecular flexibility index (Phi) is 5.55. The van der Waals surface area contributed by atoms with Gasteiger partial charge < -0.3 is 15.7 Å². The number of rotatable bonds is 5. The molecule has 0 radical (unpaired) electrons. The van der Waals surface area contributed by atoms with Gasteiger partial charge in [0.2, 0.25) is 5.91 Å². The van der Waals surface area contributed by atoms with Crippen molar-refractivity contribution in [1.82, 2.24) is 19.7 Å². The molecule has 3 heterocycles. The van der Waals surface area contributed by atoms with Gasteiger partial charge in [0.1, 0.15) is 11.6 Å². The van der Waals surface area contributed by atoms with Gasteiger partial charge in [-0.3, -0.25) is 4.79 Å². The molecule has 3 N–H and O–H groups in total. The van der Waals surface area contributed by atoms with E-state index in [-0.39, 0.29) is 11.7 Å². The van der Waals surface area contributed by atoms with Crippen molar-refractivity contribution in [2.45, 2.75) is 33.1 Å². The highest BCUT2D eigenvalue weighted by molar-refractivity contribution is 7.19. The molecule has 0 aliphatic heterocycles. The van der Waals surface area contributed by atoms with Gasteiger partial charge >= 0.3 is 0 Å². The van der Waals surface area contributed by atoms with Gasteiger partial charge in [-0.2, -0.15) is 5.10 Å². The second-order valence-electron chi connectivity index (χ2n) is 7.90. The van der Waals surface area contributed by atoms with Crippen LogP contribution in [0.4, 0.5) is 10.9 Å². The van der Waals surface area contributed by atoms with E-state index in [0.717, 1.165) is 70.4 Å². The van der Waals surface area contributed by atoms with Crippen molar-refractivity contribution in [2.75, 3.05) is 17.2 Å². The zero-order valence-corrected chi connectivity index (χ0v) is 19.2. The van der Waals surface area contributed by atoms with Crippen molar-refractivity contribution < 1.29 is 9.90 Å². The monoisotopic (exact) mass is 460 g/mol. The number of fused-ring (bicyclic) bond motifs is 3. The Balaban J connectivity index is 1.72. The molecule has 0 atom stereocenters. The maximum absolute atomic E-state index is 11.6. The highest BCUT2D eigenvalue weighted by Gasteiger charge is 2.28. The van der Waals surface area contributed by atoms with E-state index < -0.39 is 0 Å². The summed E-state index contributed by atoms with van der Waals surface area (Å²) in [6.07, 6.45) is 4.42. The second kappa shape index (κ2) is 8.67. The highest BCUT2D eigenvalue weighted by atomic mass is 32.1. The Hall–Kier alpha value is -3.72. The third-order valence-corrected chi connectivity index (χ3v) is 6.51. The number of anilines is 2. The number of phenolic OH excluding ortho intramolecular Hbond substituents is 1. The van der Waals surface area contributed by atoms with Crippen LogP contribution in [0.5, 0.6) is 5.75 Å². The number of carbonyl (C=O) groups excluding carboxylic acids is 1. The van der Waals surface area contributed by atoms with Crippen molar-refractivity contribution in [3.8, 4) is 33.3 Å². The summed E-state index contributed by atoms with van der Waals surface area (Å²) in [4.78, 5) is 21.8. The van der Waals surface area contributed by atoms with E-state index in [1.54, 1.807) is 18.2 Å². The third kappa shape index (κ3) is 4.07. The Morgan fingerprint density at radius 2 is 2.12 bits per heavy atom. The number of hydrogen-bond donors (Lipinski definition) is 3. The van der Waals surface area contributed by atoms with Gasteiger partial charge in [-0.1, -0.05) is 17.4 Å². The molecule has 0 fully saturated rings. The number of pyridine rings is 1. The smallest absolute Gasteiger partial charge is 0.223 e. The molecule has 9 heteroatoms. The van der Waals surface area contributed by atoms with Crippen LogP contribution in [-0.2, 0) is 17.6 Å². The fourth-order valence-electron chi connectivity index (χ4n) is 4.13. The van der Waals surface area contributed by atoms with Crippen LogP contribution in [0.25, 0.3) is 27.5 Å². The summed E-state index contributed by atoms with van der Waals surface area (Å²) >= 11 is 1.46. The fourth-order valence-corrected chi connectivity index (χ4v) is 5.24. The van der Waals surface area contributed by atoms with Crippen LogP contribution < -0.4 is 10.6 Å². The van der Waals surface area contributed by atoms with Crippen molar-refractivity contribution >= 4 is 28.2 Å². The van der Waals surface area contributed by atoms with E-state index in [1.807, 2.05) is 36.0 Å². The Morgan fingerprint density at radius 1 is 1.24 bits per heavy atom. The summed E-state index contributed by atoms with van der Waals surface area (Å²) in [6.45, 7) is 4.32. The molecule has 3 aromatic heterocycles. The summed E-state index contributed by atoms with van der Waals surface area (Å²) in [5.74, 6) is 0.852. The SMILES string of the molecule is CCNc1ccc(-c2nn(-c3cccc(O)c3)c3c2CCCc2nc(NC(C)=O)sc2-3)cn1. The largest absolute Gasteiger partial charge is 0.508 e. The van der Waals surface area contributed by atoms with Gasteiger partial charge in [0.25, 0.3) is 0 Å². The Labute approximate surface area is 195 Å². The second-order valence-corrected chi connectivity index (χ2v) is 8.90. The number of aromatic nitrogens is 4. The lowest BCUT2D eigenvalue weighted by atomic mass is 10.0. The number of phenols is 1. The molecule has 1 aromatic carbocycles. The molecule has 0 bridgehead atoms. The minimum atomic E-state index is -0.145. The molecule has 33 heavy (non-hydrogen) atoms. The van der Waals surface area contributed by atoms with Gasteiger partial charge in [0, 0.05) is 36.9 Å². The number of benzene rings is 1. The first-order valence-electron chi connectivity index (χ1n) is 10.9. The lowest BCUT2D eigenvalue weighted by molar-refractivity contribution is -0.114. The molecule has 8 nitrogen and oxygen atoms in total. The first-order valence-corrected chi connectivity index (χ1v) is 11.7. The van der Waals surface area contributed by atoms with Crippen molar-refractivity contribution in [3.05, 3.63) is 53.9 Å². The quantitative estimate of drug-likeness (QED) is 0.401. The topological polar surface area (TPSA) is 105 Å². The molecular weight excluding hydrogens is 436 g/mol. The van der Waals surface area contributed by atoms with Crippen LogP contribution in [0.1, 0.15) is 31.5 Å². The number of nitrogens with one attached hydrogen (secondary N) is 2. The van der Waals surface area contributed by atoms with Crippen LogP contribution in [0.3, 0.4) is 0 Å². The number of aromatic hydroxyl groups is 1. The van der Waals surface area contributed by atoms with Gasteiger partial charge in [0.15, 0.2) is 5.13 Å². The minimum absolute atomic E-state index is 0.145. The third-order valence-electron chi connectivity index (χ3n) is 5.49. The van der Waals surface area contributed by atoms with E-state index in [9.17, 15) is 9.90 Å². The standard InChI is InChI=1S/C24H24N6O2S/c1-3-25-20-11-10-15(13-26-20)21-18-8-5-9-19-23(33-24(28-19)27-14(2)31)22(18)30(29-21)16-6-4-7-17(32)12-16/h4,6-7,10-13,32H,3,5,8-9H2,1-2H3,(H,25,26)(H,27,28,31). The van der Waals surface area contributed by atoms with Crippen LogP contribution in [0.15, 0.2) is 42.6 Å². The number of carbonyl (C=O) groups is 1. The number of aryl methyl sites for hydroxylation is 1. The zero-order valence-electron chi connectivity index (χ0n) is 18.4. The maximum atomic E-state index is 11.6. The fraction of sp³-hybridized carbons (Fsp3) is 0.250. The van der Waals surface area contributed by atoms with Gasteiger partial charge in [0.05, 0.1) is 27.6 Å². The van der Waals surface area contributed by atoms with Crippen molar-refractivity contribution in [1.29, 1.82) is 0 Å². The maximum Gasteiger partial charge on any atom is 0.223 e. The van der Waals surface area contributed by atoms with Crippen molar-refractivity contribution in [2.24, 2.45) is 0 Å². The molecule has 0 saturated heterocycles. The average Bonchev–Trinajstić information content (AvgIpc) is 3.30. The van der Waals surface area contributed by atoms with E-state index in [1.165, 1.54) is 18.3 Å². The molecule has 0 unspecified atom stereocenters. The Bertz CT molecular complexity index is 1330. The van der Waals surface area contributed by atoms with Gasteiger partial charge in [-0.15, -0.1) is 0 Å². The average molecular weight is 461 g/mol. The molecule has 168 valence electrons. The number of nitrogens with zero attached hydrogens (tertiary/aromatic N) is 4. The Morgan fingerprint density at radius 3 is 2.85 bits per heavy atom. The number of amides is 1. The zero-order chi connectivity index (χ0) is 22.9. The normalized spacial score (nSPS) is 12.5. The summed E-state index contributed by atoms with van der Waals surface area (Å²) in [6, 6.07) is 11.1. The van der Waals surface area contributed by atoms with E-state index in [2.05, 4.69) is 15.6 Å². The van der Waals surface area contributed by atoms with E-state index in [0.29, 0.717) is 5.13 Å². The lowest BCUT2D eigenvalue weighted by Gasteiger charge is -2.08. The van der Waals surface area contributed by atoms with Crippen LogP contribution in [-0.4, -0.2) is 37.3 Å². The van der Waals surface area contributed by atoms with Crippen molar-refractivity contribution in [3.63, 3.8) is 0 Å². The highest BCUT2D eigenvalue weighted by Crippen LogP contribution is 2.43. The molecule has 1 amide bonds. The van der Waals surface area contributed by atoms with Gasteiger partial charge in [-0.25, -0.2) is 14.6 Å². The molecule has 4 aromatic rings. The molecule has 1 aliphatic rings. The molecule has 5 rings (SSSR count). The first-order chi connectivity index (χ1) is 16.0. The number of hydrogen-bond acceptors (Lipinski definition) is 7. The van der Waals surface area contributed by atoms with E-state index >= 15 is 0 Å². The van der Waals surface area contributed by atoms with Crippen LogP contribution >= 0.6 is 11.3 Å². The predicted molar refractivity (Wildman–Crippen MR) is 130 cm³/mol. The summed E-state index contributed by atoms with van der Waals surface area (Å²) < 4.78 is 1.88. The van der Waals surface area contributed by atoms with Crippen LogP contribution in [0, 0.1) is 0 Å².